The van der Waals surface area contributed by atoms with E-state index in [0.29, 0.717) is 36.8 Å². The first-order valence-corrected chi connectivity index (χ1v) is 9.66. The first-order chi connectivity index (χ1) is 14.2. The van der Waals surface area contributed by atoms with E-state index in [1.165, 1.54) is 0 Å². The Balaban J connectivity index is 1.54. The maximum atomic E-state index is 9.59. The Kier molecular flexibility index (Phi) is 5.68. The summed E-state index contributed by atoms with van der Waals surface area (Å²) < 4.78 is 11.4. The molecule has 4 rings (SSSR count). The largest absolute Gasteiger partial charge is 0.489 e. The van der Waals surface area contributed by atoms with Crippen LogP contribution >= 0.6 is 0 Å². The Morgan fingerprint density at radius 1 is 1.10 bits per heavy atom. The topological polar surface area (TPSA) is 94.1 Å². The molecule has 0 saturated carbocycles. The zero-order valence-electron chi connectivity index (χ0n) is 16.0. The molecular weight excluding hydrogens is 364 g/mol. The number of anilines is 1. The third kappa shape index (κ3) is 4.71. The first-order valence-electron chi connectivity index (χ1n) is 9.66. The highest BCUT2D eigenvalue weighted by molar-refractivity contribution is 5.64. The number of nitrogens with two attached hydrogens (primary N) is 1. The van der Waals surface area contributed by atoms with Crippen LogP contribution in [0, 0.1) is 11.3 Å². The molecule has 1 saturated heterocycles. The fourth-order valence-electron chi connectivity index (χ4n) is 3.32. The number of hydrogen-bond donors (Lipinski definition) is 1. The van der Waals surface area contributed by atoms with Gasteiger partial charge in [-0.1, -0.05) is 12.1 Å². The van der Waals surface area contributed by atoms with Crippen molar-refractivity contribution < 1.29 is 9.47 Å². The van der Waals surface area contributed by atoms with Crippen LogP contribution in [0.4, 0.5) is 5.69 Å². The van der Waals surface area contributed by atoms with Crippen molar-refractivity contribution in [1.29, 1.82) is 5.26 Å². The van der Waals surface area contributed by atoms with Gasteiger partial charge in [0.05, 0.1) is 24.5 Å². The highest BCUT2D eigenvalue weighted by atomic mass is 16.5. The second-order valence-corrected chi connectivity index (χ2v) is 7.03. The first kappa shape index (κ1) is 18.9. The molecule has 0 radical (unpaired) electrons. The van der Waals surface area contributed by atoms with Crippen molar-refractivity contribution in [1.82, 2.24) is 9.97 Å². The molecule has 1 aliphatic rings. The average molecular weight is 386 g/mol. The summed E-state index contributed by atoms with van der Waals surface area (Å²) in [5.41, 5.74) is 9.72. The van der Waals surface area contributed by atoms with Gasteiger partial charge in [-0.3, -0.25) is 0 Å². The van der Waals surface area contributed by atoms with Gasteiger partial charge >= 0.3 is 0 Å². The average Bonchev–Trinajstić information content (AvgIpc) is 2.76. The zero-order chi connectivity index (χ0) is 20.1. The van der Waals surface area contributed by atoms with Gasteiger partial charge in [0.2, 0.25) is 0 Å². The molecule has 1 aromatic heterocycles. The lowest BCUT2D eigenvalue weighted by atomic mass is 10.1. The standard InChI is InChI=1S/C23H22N4O2/c24-15-18-14-17(3-6-22(18)29-20-8-11-28-12-9-20)21-7-10-26-23(27-21)13-16-1-4-19(25)5-2-16/h1-7,10,14,20H,8-9,11-13,25H2. The van der Waals surface area contributed by atoms with Crippen LogP contribution in [0.25, 0.3) is 11.3 Å². The fourth-order valence-corrected chi connectivity index (χ4v) is 3.32. The van der Waals surface area contributed by atoms with Crippen LogP contribution in [0.3, 0.4) is 0 Å². The predicted octanol–water partition coefficient (Wildman–Crippen LogP) is 3.75. The summed E-state index contributed by atoms with van der Waals surface area (Å²) in [5.74, 6) is 1.33. The summed E-state index contributed by atoms with van der Waals surface area (Å²) in [6, 6.07) is 17.4. The molecule has 6 heteroatoms. The van der Waals surface area contributed by atoms with E-state index in [9.17, 15) is 5.26 Å². The summed E-state index contributed by atoms with van der Waals surface area (Å²) in [7, 11) is 0. The minimum Gasteiger partial charge on any atom is -0.489 e. The Morgan fingerprint density at radius 2 is 1.90 bits per heavy atom. The molecule has 0 amide bonds. The van der Waals surface area contributed by atoms with Gasteiger partial charge in [0.1, 0.15) is 23.7 Å². The van der Waals surface area contributed by atoms with Gasteiger partial charge in [0, 0.05) is 36.7 Å². The second kappa shape index (κ2) is 8.72. The van der Waals surface area contributed by atoms with Crippen LogP contribution in [-0.2, 0) is 11.2 Å². The normalized spacial score (nSPS) is 14.3. The summed E-state index contributed by atoms with van der Waals surface area (Å²) in [6.07, 6.45) is 4.13. The Bertz CT molecular complexity index is 1020. The van der Waals surface area contributed by atoms with E-state index in [2.05, 4.69) is 16.0 Å². The van der Waals surface area contributed by atoms with E-state index < -0.39 is 0 Å². The third-order valence-corrected chi connectivity index (χ3v) is 4.91. The third-order valence-electron chi connectivity index (χ3n) is 4.91. The molecule has 29 heavy (non-hydrogen) atoms. The van der Waals surface area contributed by atoms with Crippen LogP contribution in [-0.4, -0.2) is 29.3 Å². The second-order valence-electron chi connectivity index (χ2n) is 7.03. The van der Waals surface area contributed by atoms with E-state index in [1.807, 2.05) is 48.5 Å². The van der Waals surface area contributed by atoms with Crippen LogP contribution in [0.5, 0.6) is 5.75 Å². The molecule has 1 fully saturated rings. The fraction of sp³-hybridized carbons (Fsp3) is 0.261. The number of nitrogens with zero attached hydrogens (tertiary/aromatic N) is 3. The SMILES string of the molecule is N#Cc1cc(-c2ccnc(Cc3ccc(N)cc3)n2)ccc1OC1CCOCC1. The molecule has 0 spiro atoms. The smallest absolute Gasteiger partial charge is 0.137 e. The van der Waals surface area contributed by atoms with Crippen molar-refractivity contribution in [2.24, 2.45) is 0 Å². The van der Waals surface area contributed by atoms with E-state index in [-0.39, 0.29) is 6.10 Å². The molecule has 2 heterocycles. The highest BCUT2D eigenvalue weighted by Crippen LogP contribution is 2.27. The minimum absolute atomic E-state index is 0.0901. The summed E-state index contributed by atoms with van der Waals surface area (Å²) in [4.78, 5) is 9.05. The van der Waals surface area contributed by atoms with E-state index in [1.54, 1.807) is 6.20 Å². The van der Waals surface area contributed by atoms with Gasteiger partial charge < -0.3 is 15.2 Å². The number of benzene rings is 2. The van der Waals surface area contributed by atoms with Crippen molar-refractivity contribution in [3.05, 3.63) is 71.7 Å². The number of hydrogen-bond acceptors (Lipinski definition) is 6. The molecule has 0 aliphatic carbocycles. The van der Waals surface area contributed by atoms with Crippen molar-refractivity contribution in [2.75, 3.05) is 18.9 Å². The number of aromatic nitrogens is 2. The molecule has 1 aliphatic heterocycles. The molecule has 2 aromatic carbocycles. The van der Waals surface area contributed by atoms with Crippen molar-refractivity contribution in [3.8, 4) is 23.1 Å². The maximum absolute atomic E-state index is 9.59. The molecular formula is C23H22N4O2. The Hall–Kier alpha value is -3.43. The number of nitrogen functional groups attached to an aromatic ring is 1. The van der Waals surface area contributed by atoms with Crippen molar-refractivity contribution in [3.63, 3.8) is 0 Å². The zero-order valence-corrected chi connectivity index (χ0v) is 16.0. The van der Waals surface area contributed by atoms with Gasteiger partial charge in [0.15, 0.2) is 0 Å². The summed E-state index contributed by atoms with van der Waals surface area (Å²) in [5, 5.41) is 9.59. The molecule has 6 nitrogen and oxygen atoms in total. The van der Waals surface area contributed by atoms with Crippen LogP contribution in [0.15, 0.2) is 54.7 Å². The van der Waals surface area contributed by atoms with Gasteiger partial charge in [-0.05, 0) is 42.0 Å². The van der Waals surface area contributed by atoms with Crippen molar-refractivity contribution in [2.45, 2.75) is 25.4 Å². The van der Waals surface area contributed by atoms with Gasteiger partial charge in [-0.25, -0.2) is 9.97 Å². The van der Waals surface area contributed by atoms with Gasteiger partial charge in [0.25, 0.3) is 0 Å². The minimum atomic E-state index is 0.0901. The molecule has 0 unspecified atom stereocenters. The molecule has 146 valence electrons. The van der Waals surface area contributed by atoms with Crippen LogP contribution in [0.2, 0.25) is 0 Å². The lowest BCUT2D eigenvalue weighted by Crippen LogP contribution is -2.26. The summed E-state index contributed by atoms with van der Waals surface area (Å²) in [6.45, 7) is 1.39. The predicted molar refractivity (Wildman–Crippen MR) is 110 cm³/mol. The van der Waals surface area contributed by atoms with E-state index >= 15 is 0 Å². The van der Waals surface area contributed by atoms with E-state index in [4.69, 9.17) is 15.2 Å². The molecule has 0 atom stereocenters. The number of ether oxygens (including phenoxy) is 2. The quantitative estimate of drug-likeness (QED) is 0.671. The Morgan fingerprint density at radius 3 is 2.66 bits per heavy atom. The van der Waals surface area contributed by atoms with Crippen molar-refractivity contribution >= 4 is 5.69 Å². The lowest BCUT2D eigenvalue weighted by Gasteiger charge is -2.23. The monoisotopic (exact) mass is 386 g/mol. The Labute approximate surface area is 169 Å². The lowest BCUT2D eigenvalue weighted by molar-refractivity contribution is 0.0254. The van der Waals surface area contributed by atoms with E-state index in [0.717, 1.165) is 35.3 Å². The molecule has 3 aromatic rings. The van der Waals surface area contributed by atoms with Crippen LogP contribution in [0.1, 0.15) is 29.8 Å². The highest BCUT2D eigenvalue weighted by Gasteiger charge is 2.17. The molecule has 0 bridgehead atoms. The number of nitriles is 1. The maximum Gasteiger partial charge on any atom is 0.137 e. The van der Waals surface area contributed by atoms with Crippen LogP contribution < -0.4 is 10.5 Å². The molecule has 2 N–H and O–H groups in total. The number of rotatable bonds is 5. The summed E-state index contributed by atoms with van der Waals surface area (Å²) >= 11 is 0. The van der Waals surface area contributed by atoms with Gasteiger partial charge in [-0.2, -0.15) is 5.26 Å². The van der Waals surface area contributed by atoms with Gasteiger partial charge in [-0.15, -0.1) is 0 Å².